The number of hydrogen-bond donors (Lipinski definition) is 2. The number of halogens is 1. The second-order valence-electron chi connectivity index (χ2n) is 2.97. The largest absolute Gasteiger partial charge is 0.341 e. The van der Waals surface area contributed by atoms with E-state index in [4.69, 9.17) is 0 Å². The molecule has 1 rings (SSSR count). The normalized spacial score (nSPS) is 11.9. The van der Waals surface area contributed by atoms with Crippen molar-refractivity contribution in [1.29, 1.82) is 0 Å². The molecule has 2 amide bonds. The third-order valence-electron chi connectivity index (χ3n) is 1.95. The van der Waals surface area contributed by atoms with E-state index in [0.29, 0.717) is 5.56 Å². The van der Waals surface area contributed by atoms with Crippen LogP contribution in [0.5, 0.6) is 0 Å². The van der Waals surface area contributed by atoms with E-state index >= 15 is 0 Å². The molecule has 0 bridgehead atoms. The Morgan fingerprint density at radius 2 is 2.07 bits per heavy atom. The lowest BCUT2D eigenvalue weighted by atomic mass is 10.1. The van der Waals surface area contributed by atoms with Gasteiger partial charge < -0.3 is 10.6 Å². The van der Waals surface area contributed by atoms with Crippen LogP contribution in [0.25, 0.3) is 0 Å². The third-order valence-corrected chi connectivity index (χ3v) is 1.95. The van der Waals surface area contributed by atoms with Crippen LogP contribution in [0.3, 0.4) is 0 Å². The Labute approximate surface area is 82.3 Å². The van der Waals surface area contributed by atoms with Gasteiger partial charge in [-0.25, -0.2) is 9.18 Å². The molecule has 3 nitrogen and oxygen atoms in total. The minimum absolute atomic E-state index is 0.309. The van der Waals surface area contributed by atoms with Gasteiger partial charge in [0.05, 0.1) is 6.04 Å². The number of benzene rings is 1. The Balaban J connectivity index is 2.74. The van der Waals surface area contributed by atoms with E-state index < -0.39 is 0 Å². The Morgan fingerprint density at radius 3 is 2.64 bits per heavy atom. The predicted molar refractivity (Wildman–Crippen MR) is 52.4 cm³/mol. The number of carbonyl (C=O) groups excluding carboxylic acids is 1. The molecule has 14 heavy (non-hydrogen) atoms. The van der Waals surface area contributed by atoms with Crippen LogP contribution in [-0.4, -0.2) is 13.1 Å². The molecule has 0 radical (unpaired) electrons. The van der Waals surface area contributed by atoms with Crippen LogP contribution in [0.1, 0.15) is 18.5 Å². The molecular weight excluding hydrogens is 183 g/mol. The lowest BCUT2D eigenvalue weighted by molar-refractivity contribution is 0.239. The van der Waals surface area contributed by atoms with Gasteiger partial charge in [-0.1, -0.05) is 18.2 Å². The van der Waals surface area contributed by atoms with E-state index in [1.54, 1.807) is 25.1 Å². The summed E-state index contributed by atoms with van der Waals surface area (Å²) in [6.45, 7) is 1.73. The fourth-order valence-electron chi connectivity index (χ4n) is 1.17. The van der Waals surface area contributed by atoms with Crippen LogP contribution in [0.4, 0.5) is 9.18 Å². The molecule has 0 saturated carbocycles. The minimum atomic E-state index is -0.337. The highest BCUT2D eigenvalue weighted by molar-refractivity contribution is 5.73. The Morgan fingerprint density at radius 1 is 1.43 bits per heavy atom. The van der Waals surface area contributed by atoms with Crippen molar-refractivity contribution >= 4 is 6.03 Å². The van der Waals surface area contributed by atoms with Crippen molar-refractivity contribution in [2.24, 2.45) is 0 Å². The van der Waals surface area contributed by atoms with E-state index in [2.05, 4.69) is 10.6 Å². The number of amides is 2. The van der Waals surface area contributed by atoms with Gasteiger partial charge >= 0.3 is 6.03 Å². The molecule has 0 saturated heterocycles. The maximum atomic E-state index is 13.2. The topological polar surface area (TPSA) is 41.1 Å². The molecule has 0 aliphatic carbocycles. The summed E-state index contributed by atoms with van der Waals surface area (Å²) >= 11 is 0. The third kappa shape index (κ3) is 2.45. The second-order valence-corrected chi connectivity index (χ2v) is 2.97. The summed E-state index contributed by atoms with van der Waals surface area (Å²) in [4.78, 5) is 11.0. The highest BCUT2D eigenvalue weighted by atomic mass is 19.1. The summed E-state index contributed by atoms with van der Waals surface area (Å²) in [5.74, 6) is -0.309. The van der Waals surface area contributed by atoms with Crippen molar-refractivity contribution in [3.05, 3.63) is 35.6 Å². The Hall–Kier alpha value is -1.58. The van der Waals surface area contributed by atoms with Crippen LogP contribution in [-0.2, 0) is 0 Å². The van der Waals surface area contributed by atoms with Crippen molar-refractivity contribution in [3.8, 4) is 0 Å². The maximum absolute atomic E-state index is 13.2. The first-order valence-corrected chi connectivity index (χ1v) is 4.38. The zero-order valence-corrected chi connectivity index (χ0v) is 8.17. The summed E-state index contributed by atoms with van der Waals surface area (Å²) < 4.78 is 13.2. The standard InChI is InChI=1S/C10H13FN2O/c1-7(13-10(14)12-2)8-5-3-4-6-9(8)11/h3-7H,1-2H3,(H2,12,13,14). The fraction of sp³-hybridized carbons (Fsp3) is 0.300. The number of urea groups is 1. The number of rotatable bonds is 2. The quantitative estimate of drug-likeness (QED) is 0.744. The van der Waals surface area contributed by atoms with Crippen LogP contribution >= 0.6 is 0 Å². The molecule has 76 valence electrons. The first kappa shape index (κ1) is 10.5. The van der Waals surface area contributed by atoms with Crippen LogP contribution in [0.15, 0.2) is 24.3 Å². The molecule has 0 aliphatic rings. The van der Waals surface area contributed by atoms with E-state index in [9.17, 15) is 9.18 Å². The van der Waals surface area contributed by atoms with E-state index in [1.807, 2.05) is 0 Å². The molecule has 0 heterocycles. The van der Waals surface area contributed by atoms with Gasteiger partial charge in [0.2, 0.25) is 0 Å². The van der Waals surface area contributed by atoms with Gasteiger partial charge in [0.25, 0.3) is 0 Å². The summed E-state index contributed by atoms with van der Waals surface area (Å²) in [6.07, 6.45) is 0. The van der Waals surface area contributed by atoms with Crippen LogP contribution in [0.2, 0.25) is 0 Å². The monoisotopic (exact) mass is 196 g/mol. The van der Waals surface area contributed by atoms with Crippen molar-refractivity contribution in [2.75, 3.05) is 7.05 Å². The van der Waals surface area contributed by atoms with Gasteiger partial charge in [-0.15, -0.1) is 0 Å². The summed E-state index contributed by atoms with van der Waals surface area (Å²) in [7, 11) is 1.52. The fourth-order valence-corrected chi connectivity index (χ4v) is 1.17. The average Bonchev–Trinajstić information content (AvgIpc) is 2.18. The average molecular weight is 196 g/mol. The molecule has 1 unspecified atom stereocenters. The van der Waals surface area contributed by atoms with Gasteiger partial charge in [-0.3, -0.25) is 0 Å². The first-order valence-electron chi connectivity index (χ1n) is 4.38. The van der Waals surface area contributed by atoms with E-state index in [1.165, 1.54) is 13.1 Å². The minimum Gasteiger partial charge on any atom is -0.341 e. The maximum Gasteiger partial charge on any atom is 0.315 e. The number of hydrogen-bond acceptors (Lipinski definition) is 1. The molecule has 0 spiro atoms. The molecule has 1 aromatic rings. The zero-order valence-electron chi connectivity index (χ0n) is 8.17. The molecule has 0 aromatic heterocycles. The van der Waals surface area contributed by atoms with E-state index in [-0.39, 0.29) is 17.9 Å². The van der Waals surface area contributed by atoms with E-state index in [0.717, 1.165) is 0 Å². The van der Waals surface area contributed by atoms with Gasteiger partial charge in [-0.2, -0.15) is 0 Å². The lowest BCUT2D eigenvalue weighted by Crippen LogP contribution is -2.34. The van der Waals surface area contributed by atoms with Gasteiger partial charge in [0.1, 0.15) is 5.82 Å². The summed E-state index contributed by atoms with van der Waals surface area (Å²) in [6, 6.07) is 5.72. The summed E-state index contributed by atoms with van der Waals surface area (Å²) in [5.41, 5.74) is 0.483. The van der Waals surface area contributed by atoms with Crippen molar-refractivity contribution in [1.82, 2.24) is 10.6 Å². The SMILES string of the molecule is CNC(=O)NC(C)c1ccccc1F. The summed E-state index contributed by atoms with van der Waals surface area (Å²) in [5, 5.41) is 5.01. The Bertz CT molecular complexity index is 328. The molecule has 0 aliphatic heterocycles. The van der Waals surface area contributed by atoms with Crippen molar-refractivity contribution in [3.63, 3.8) is 0 Å². The second kappa shape index (κ2) is 4.60. The number of carbonyl (C=O) groups is 1. The van der Waals surface area contributed by atoms with Crippen LogP contribution in [0, 0.1) is 5.82 Å². The molecule has 4 heteroatoms. The van der Waals surface area contributed by atoms with Crippen LogP contribution < -0.4 is 10.6 Å². The predicted octanol–water partition coefficient (Wildman–Crippen LogP) is 1.82. The van der Waals surface area contributed by atoms with Gasteiger partial charge in [0, 0.05) is 12.6 Å². The van der Waals surface area contributed by atoms with Crippen molar-refractivity contribution < 1.29 is 9.18 Å². The molecule has 2 N–H and O–H groups in total. The molecule has 1 atom stereocenters. The lowest BCUT2D eigenvalue weighted by Gasteiger charge is -2.14. The molecule has 0 fully saturated rings. The first-order chi connectivity index (χ1) is 6.65. The highest BCUT2D eigenvalue weighted by Crippen LogP contribution is 2.15. The molecule has 1 aromatic carbocycles. The molecular formula is C10H13FN2O. The highest BCUT2D eigenvalue weighted by Gasteiger charge is 2.11. The Kier molecular flexibility index (Phi) is 3.45. The van der Waals surface area contributed by atoms with Gasteiger partial charge in [-0.05, 0) is 13.0 Å². The smallest absolute Gasteiger partial charge is 0.315 e. The zero-order chi connectivity index (χ0) is 10.6. The van der Waals surface area contributed by atoms with Gasteiger partial charge in [0.15, 0.2) is 0 Å². The van der Waals surface area contributed by atoms with Crippen molar-refractivity contribution in [2.45, 2.75) is 13.0 Å². The number of nitrogens with one attached hydrogen (secondary N) is 2.